The first-order valence-electron chi connectivity index (χ1n) is 8.27. The number of aromatic nitrogens is 3. The zero-order valence-corrected chi connectivity index (χ0v) is 14.9. The first-order valence-corrected chi connectivity index (χ1v) is 8.27. The molecule has 0 bridgehead atoms. The van der Waals surface area contributed by atoms with Crippen molar-refractivity contribution in [1.29, 1.82) is 0 Å². The van der Waals surface area contributed by atoms with Crippen LogP contribution in [0.4, 0.5) is 23.1 Å². The molecule has 0 aliphatic rings. The molecule has 1 aromatic heterocycles. The molecule has 0 fully saturated rings. The maximum absolute atomic E-state index is 5.81. The van der Waals surface area contributed by atoms with Gasteiger partial charge in [0.2, 0.25) is 5.95 Å². The van der Waals surface area contributed by atoms with Gasteiger partial charge in [0.1, 0.15) is 11.5 Å². The van der Waals surface area contributed by atoms with E-state index in [-0.39, 0.29) is 6.10 Å². The number of ether oxygens (including phenoxy) is 2. The molecule has 7 nitrogen and oxygen atoms in total. The molecule has 1 heterocycles. The van der Waals surface area contributed by atoms with Crippen LogP contribution in [0.25, 0.3) is 0 Å². The Morgan fingerprint density at radius 2 is 1.73 bits per heavy atom. The molecular weight excluding hydrogens is 330 g/mol. The van der Waals surface area contributed by atoms with E-state index in [4.69, 9.17) is 9.47 Å². The first kappa shape index (κ1) is 17.5. The van der Waals surface area contributed by atoms with Crippen molar-refractivity contribution in [3.8, 4) is 11.5 Å². The Morgan fingerprint density at radius 1 is 0.962 bits per heavy atom. The maximum atomic E-state index is 5.81. The van der Waals surface area contributed by atoms with Crippen molar-refractivity contribution < 1.29 is 9.47 Å². The number of methoxy groups -OCH3 is 1. The fourth-order valence-electron chi connectivity index (χ4n) is 2.28. The zero-order chi connectivity index (χ0) is 18.4. The van der Waals surface area contributed by atoms with E-state index in [1.807, 2.05) is 62.4 Å². The van der Waals surface area contributed by atoms with Crippen molar-refractivity contribution in [1.82, 2.24) is 15.2 Å². The summed E-state index contributed by atoms with van der Waals surface area (Å²) in [6.45, 7) is 3.97. The van der Waals surface area contributed by atoms with Crippen molar-refractivity contribution in [2.45, 2.75) is 20.0 Å². The number of benzene rings is 2. The summed E-state index contributed by atoms with van der Waals surface area (Å²) in [5.74, 6) is 2.50. The van der Waals surface area contributed by atoms with Crippen LogP contribution in [-0.2, 0) is 0 Å². The van der Waals surface area contributed by atoms with E-state index in [9.17, 15) is 0 Å². The minimum absolute atomic E-state index is 0.0776. The minimum atomic E-state index is 0.0776. The number of rotatable bonds is 7. The molecule has 0 aliphatic carbocycles. The summed E-state index contributed by atoms with van der Waals surface area (Å²) >= 11 is 0. The molecule has 134 valence electrons. The van der Waals surface area contributed by atoms with Gasteiger partial charge in [-0.2, -0.15) is 10.1 Å². The highest BCUT2D eigenvalue weighted by Crippen LogP contribution is 2.27. The molecular formula is C19H21N5O2. The van der Waals surface area contributed by atoms with Crippen LogP contribution in [0.15, 0.2) is 54.7 Å². The Kier molecular flexibility index (Phi) is 5.48. The molecule has 2 N–H and O–H groups in total. The average molecular weight is 351 g/mol. The van der Waals surface area contributed by atoms with E-state index in [2.05, 4.69) is 25.8 Å². The quantitative estimate of drug-likeness (QED) is 0.661. The Morgan fingerprint density at radius 3 is 2.46 bits per heavy atom. The van der Waals surface area contributed by atoms with E-state index in [1.54, 1.807) is 13.3 Å². The smallest absolute Gasteiger partial charge is 0.249 e. The fourth-order valence-corrected chi connectivity index (χ4v) is 2.28. The van der Waals surface area contributed by atoms with E-state index < -0.39 is 0 Å². The molecule has 2 aromatic carbocycles. The molecule has 0 aliphatic heterocycles. The van der Waals surface area contributed by atoms with Crippen LogP contribution < -0.4 is 20.1 Å². The number of anilines is 4. The molecule has 7 heteroatoms. The van der Waals surface area contributed by atoms with E-state index in [0.29, 0.717) is 11.8 Å². The number of hydrogen-bond acceptors (Lipinski definition) is 7. The second-order valence-corrected chi connectivity index (χ2v) is 5.81. The minimum Gasteiger partial charge on any atom is -0.497 e. The van der Waals surface area contributed by atoms with Crippen LogP contribution in [0.1, 0.15) is 13.8 Å². The summed E-state index contributed by atoms with van der Waals surface area (Å²) in [5.41, 5.74) is 1.66. The SMILES string of the molecule is COc1ccc(Nc2nncc(Nc3ccccc3OC(C)C)n2)cc1. The van der Waals surface area contributed by atoms with Gasteiger partial charge in [0.15, 0.2) is 5.82 Å². The van der Waals surface area contributed by atoms with E-state index in [1.165, 1.54) is 0 Å². The predicted molar refractivity (Wildman–Crippen MR) is 102 cm³/mol. The second-order valence-electron chi connectivity index (χ2n) is 5.81. The predicted octanol–water partition coefficient (Wildman–Crippen LogP) is 4.15. The maximum Gasteiger partial charge on any atom is 0.249 e. The molecule has 0 radical (unpaired) electrons. The highest BCUT2D eigenvalue weighted by Gasteiger charge is 2.07. The molecule has 3 aromatic rings. The van der Waals surface area contributed by atoms with Gasteiger partial charge in [-0.25, -0.2) is 0 Å². The van der Waals surface area contributed by atoms with Gasteiger partial charge in [-0.3, -0.25) is 0 Å². The third kappa shape index (κ3) is 4.60. The third-order valence-corrected chi connectivity index (χ3v) is 3.42. The summed E-state index contributed by atoms with van der Waals surface area (Å²) in [7, 11) is 1.63. The van der Waals surface area contributed by atoms with Gasteiger partial charge < -0.3 is 20.1 Å². The molecule has 0 saturated heterocycles. The van der Waals surface area contributed by atoms with Crippen molar-refractivity contribution >= 4 is 23.1 Å². The van der Waals surface area contributed by atoms with Crippen LogP contribution in [0, 0.1) is 0 Å². The van der Waals surface area contributed by atoms with Gasteiger partial charge in [0.05, 0.1) is 25.1 Å². The van der Waals surface area contributed by atoms with Crippen LogP contribution >= 0.6 is 0 Å². The zero-order valence-electron chi connectivity index (χ0n) is 14.9. The normalized spacial score (nSPS) is 10.5. The van der Waals surface area contributed by atoms with Gasteiger partial charge >= 0.3 is 0 Å². The van der Waals surface area contributed by atoms with Crippen molar-refractivity contribution in [3.63, 3.8) is 0 Å². The summed E-state index contributed by atoms with van der Waals surface area (Å²) in [6, 6.07) is 15.2. The highest BCUT2D eigenvalue weighted by atomic mass is 16.5. The van der Waals surface area contributed by atoms with Gasteiger partial charge in [0.25, 0.3) is 0 Å². The summed E-state index contributed by atoms with van der Waals surface area (Å²) in [5, 5.41) is 14.4. The van der Waals surface area contributed by atoms with E-state index in [0.717, 1.165) is 22.9 Å². The molecule has 0 amide bonds. The fraction of sp³-hybridized carbons (Fsp3) is 0.211. The van der Waals surface area contributed by atoms with Crippen molar-refractivity contribution in [2.75, 3.05) is 17.7 Å². The number of nitrogens with one attached hydrogen (secondary N) is 2. The topological polar surface area (TPSA) is 81.2 Å². The summed E-state index contributed by atoms with van der Waals surface area (Å²) in [6.07, 6.45) is 1.64. The largest absolute Gasteiger partial charge is 0.497 e. The van der Waals surface area contributed by atoms with Crippen LogP contribution in [0.3, 0.4) is 0 Å². The van der Waals surface area contributed by atoms with Gasteiger partial charge in [-0.15, -0.1) is 5.10 Å². The molecule has 3 rings (SSSR count). The monoisotopic (exact) mass is 351 g/mol. The van der Waals surface area contributed by atoms with Crippen molar-refractivity contribution in [2.24, 2.45) is 0 Å². The van der Waals surface area contributed by atoms with Gasteiger partial charge in [0, 0.05) is 5.69 Å². The number of nitrogens with zero attached hydrogens (tertiary/aromatic N) is 3. The molecule has 26 heavy (non-hydrogen) atoms. The number of para-hydroxylation sites is 2. The Hall–Kier alpha value is -3.35. The van der Waals surface area contributed by atoms with Gasteiger partial charge in [-0.05, 0) is 50.2 Å². The van der Waals surface area contributed by atoms with Crippen LogP contribution in [-0.4, -0.2) is 28.4 Å². The summed E-state index contributed by atoms with van der Waals surface area (Å²) < 4.78 is 11.0. The molecule has 0 spiro atoms. The average Bonchev–Trinajstić information content (AvgIpc) is 2.64. The second kappa shape index (κ2) is 8.15. The van der Waals surface area contributed by atoms with Crippen molar-refractivity contribution in [3.05, 3.63) is 54.7 Å². The Labute approximate surface area is 152 Å². The van der Waals surface area contributed by atoms with Crippen LogP contribution in [0.5, 0.6) is 11.5 Å². The molecule has 0 unspecified atom stereocenters. The lowest BCUT2D eigenvalue weighted by Crippen LogP contribution is -2.08. The summed E-state index contributed by atoms with van der Waals surface area (Å²) in [4.78, 5) is 4.44. The number of hydrogen-bond donors (Lipinski definition) is 2. The highest BCUT2D eigenvalue weighted by molar-refractivity contribution is 5.64. The Bertz CT molecular complexity index is 853. The lowest BCUT2D eigenvalue weighted by molar-refractivity contribution is 0.244. The van der Waals surface area contributed by atoms with E-state index >= 15 is 0 Å². The lowest BCUT2D eigenvalue weighted by atomic mass is 10.3. The third-order valence-electron chi connectivity index (χ3n) is 3.42. The molecule has 0 atom stereocenters. The standard InChI is InChI=1S/C19H21N5O2/c1-13(2)26-17-7-5-4-6-16(17)22-18-12-20-24-19(23-18)21-14-8-10-15(25-3)11-9-14/h4-13H,1-3H3,(H2,21,22,23,24). The molecule has 0 saturated carbocycles. The van der Waals surface area contributed by atoms with Crippen LogP contribution in [0.2, 0.25) is 0 Å². The lowest BCUT2D eigenvalue weighted by Gasteiger charge is -2.15. The first-order chi connectivity index (χ1) is 12.6. The van der Waals surface area contributed by atoms with Gasteiger partial charge in [-0.1, -0.05) is 12.1 Å². The Balaban J connectivity index is 1.75.